The molecule has 0 radical (unpaired) electrons. The first-order chi connectivity index (χ1) is 8.70. The molecule has 0 saturated heterocycles. The van der Waals surface area contributed by atoms with Gasteiger partial charge in [0.15, 0.2) is 0 Å². The SMILES string of the molecule is CCNCc1cc(OC2CCCC2O)ccc1Br. The summed E-state index contributed by atoms with van der Waals surface area (Å²) in [4.78, 5) is 0. The lowest BCUT2D eigenvalue weighted by molar-refractivity contribution is 0.0603. The van der Waals surface area contributed by atoms with Crippen molar-refractivity contribution in [2.75, 3.05) is 6.54 Å². The molecule has 0 bridgehead atoms. The summed E-state index contributed by atoms with van der Waals surface area (Å²) < 4.78 is 6.95. The molecule has 0 spiro atoms. The van der Waals surface area contributed by atoms with E-state index in [9.17, 15) is 5.11 Å². The van der Waals surface area contributed by atoms with Crippen LogP contribution in [-0.2, 0) is 6.54 Å². The van der Waals surface area contributed by atoms with Crippen LogP contribution in [0, 0.1) is 0 Å². The van der Waals surface area contributed by atoms with E-state index in [0.29, 0.717) is 0 Å². The zero-order chi connectivity index (χ0) is 13.0. The van der Waals surface area contributed by atoms with Crippen molar-refractivity contribution >= 4 is 15.9 Å². The van der Waals surface area contributed by atoms with E-state index in [1.165, 1.54) is 5.56 Å². The quantitative estimate of drug-likeness (QED) is 0.878. The molecule has 1 saturated carbocycles. The molecule has 18 heavy (non-hydrogen) atoms. The predicted molar refractivity (Wildman–Crippen MR) is 75.8 cm³/mol. The van der Waals surface area contributed by atoms with Gasteiger partial charge in [-0.2, -0.15) is 0 Å². The molecule has 1 aromatic rings. The number of aliphatic hydroxyl groups is 1. The highest BCUT2D eigenvalue weighted by Gasteiger charge is 2.26. The first kappa shape index (κ1) is 13.8. The summed E-state index contributed by atoms with van der Waals surface area (Å²) in [6.45, 7) is 3.85. The predicted octanol–water partition coefficient (Wildman–Crippen LogP) is 2.85. The Hall–Kier alpha value is -0.580. The number of ether oxygens (including phenoxy) is 1. The third-order valence-corrected chi connectivity index (χ3v) is 4.06. The minimum atomic E-state index is -0.314. The molecule has 0 heterocycles. The number of halogens is 1. The molecule has 2 unspecified atom stereocenters. The van der Waals surface area contributed by atoms with Gasteiger partial charge in [0.05, 0.1) is 6.10 Å². The van der Waals surface area contributed by atoms with E-state index >= 15 is 0 Å². The zero-order valence-electron chi connectivity index (χ0n) is 10.7. The second-order valence-corrected chi connectivity index (χ2v) is 5.54. The normalized spacial score (nSPS) is 23.3. The number of hydrogen-bond donors (Lipinski definition) is 2. The molecule has 2 atom stereocenters. The van der Waals surface area contributed by atoms with E-state index in [1.807, 2.05) is 18.2 Å². The summed E-state index contributed by atoms with van der Waals surface area (Å²) in [6, 6.07) is 5.99. The number of nitrogens with one attached hydrogen (secondary N) is 1. The monoisotopic (exact) mass is 313 g/mol. The van der Waals surface area contributed by atoms with Crippen molar-refractivity contribution in [1.29, 1.82) is 0 Å². The Kier molecular flexibility index (Phi) is 5.03. The van der Waals surface area contributed by atoms with Crippen molar-refractivity contribution in [1.82, 2.24) is 5.32 Å². The summed E-state index contributed by atoms with van der Waals surface area (Å²) in [6.07, 6.45) is 2.49. The molecule has 2 rings (SSSR count). The smallest absolute Gasteiger partial charge is 0.124 e. The highest BCUT2D eigenvalue weighted by atomic mass is 79.9. The van der Waals surface area contributed by atoms with Crippen LogP contribution in [-0.4, -0.2) is 23.9 Å². The number of hydrogen-bond acceptors (Lipinski definition) is 3. The van der Waals surface area contributed by atoms with Gasteiger partial charge in [-0.3, -0.25) is 0 Å². The maximum atomic E-state index is 9.77. The molecule has 1 aromatic carbocycles. The van der Waals surface area contributed by atoms with E-state index in [1.54, 1.807) is 0 Å². The van der Waals surface area contributed by atoms with Gasteiger partial charge in [-0.1, -0.05) is 22.9 Å². The van der Waals surface area contributed by atoms with Gasteiger partial charge >= 0.3 is 0 Å². The molecule has 0 aliphatic heterocycles. The Morgan fingerprint density at radius 3 is 2.94 bits per heavy atom. The molecule has 1 aliphatic carbocycles. The summed E-state index contributed by atoms with van der Waals surface area (Å²) in [7, 11) is 0. The van der Waals surface area contributed by atoms with Crippen molar-refractivity contribution < 1.29 is 9.84 Å². The Labute approximate surface area is 117 Å². The van der Waals surface area contributed by atoms with Gasteiger partial charge < -0.3 is 15.2 Å². The largest absolute Gasteiger partial charge is 0.488 e. The van der Waals surface area contributed by atoms with Crippen LogP contribution in [0.1, 0.15) is 31.7 Å². The van der Waals surface area contributed by atoms with Crippen LogP contribution in [0.2, 0.25) is 0 Å². The molecule has 0 amide bonds. The highest BCUT2D eigenvalue weighted by Crippen LogP contribution is 2.27. The summed E-state index contributed by atoms with van der Waals surface area (Å²) >= 11 is 3.54. The van der Waals surface area contributed by atoms with Crippen LogP contribution in [0.5, 0.6) is 5.75 Å². The molecular weight excluding hydrogens is 294 g/mol. The van der Waals surface area contributed by atoms with Gasteiger partial charge in [-0.15, -0.1) is 0 Å². The van der Waals surface area contributed by atoms with Crippen LogP contribution >= 0.6 is 15.9 Å². The average Bonchev–Trinajstić information content (AvgIpc) is 2.76. The maximum absolute atomic E-state index is 9.77. The summed E-state index contributed by atoms with van der Waals surface area (Å²) in [5.41, 5.74) is 1.18. The molecule has 100 valence electrons. The van der Waals surface area contributed by atoms with Crippen molar-refractivity contribution in [3.63, 3.8) is 0 Å². The van der Waals surface area contributed by atoms with Gasteiger partial charge in [0, 0.05) is 11.0 Å². The number of rotatable bonds is 5. The Morgan fingerprint density at radius 1 is 1.44 bits per heavy atom. The van der Waals surface area contributed by atoms with Crippen LogP contribution < -0.4 is 10.1 Å². The van der Waals surface area contributed by atoms with E-state index < -0.39 is 0 Å². The fraction of sp³-hybridized carbons (Fsp3) is 0.571. The van der Waals surface area contributed by atoms with E-state index in [-0.39, 0.29) is 12.2 Å². The first-order valence-electron chi connectivity index (χ1n) is 6.54. The van der Waals surface area contributed by atoms with Gasteiger partial charge in [0.25, 0.3) is 0 Å². The van der Waals surface area contributed by atoms with Crippen molar-refractivity contribution in [3.05, 3.63) is 28.2 Å². The van der Waals surface area contributed by atoms with Crippen LogP contribution in [0.25, 0.3) is 0 Å². The fourth-order valence-corrected chi connectivity index (χ4v) is 2.63. The minimum absolute atomic E-state index is 0.0434. The lowest BCUT2D eigenvalue weighted by Gasteiger charge is -2.18. The third kappa shape index (κ3) is 3.46. The molecular formula is C14H20BrNO2. The third-order valence-electron chi connectivity index (χ3n) is 3.29. The highest BCUT2D eigenvalue weighted by molar-refractivity contribution is 9.10. The van der Waals surface area contributed by atoms with Crippen LogP contribution in [0.4, 0.5) is 0 Å². The molecule has 0 aromatic heterocycles. The van der Waals surface area contributed by atoms with E-state index in [2.05, 4.69) is 28.2 Å². The topological polar surface area (TPSA) is 41.5 Å². The molecule has 2 N–H and O–H groups in total. The first-order valence-corrected chi connectivity index (χ1v) is 7.34. The Morgan fingerprint density at radius 2 is 2.28 bits per heavy atom. The lowest BCUT2D eigenvalue weighted by Crippen LogP contribution is -2.25. The lowest BCUT2D eigenvalue weighted by atomic mass is 10.2. The van der Waals surface area contributed by atoms with Gasteiger partial charge in [-0.25, -0.2) is 0 Å². The van der Waals surface area contributed by atoms with Crippen LogP contribution in [0.3, 0.4) is 0 Å². The summed E-state index contributed by atoms with van der Waals surface area (Å²) in [5.74, 6) is 0.844. The fourth-order valence-electron chi connectivity index (χ4n) is 2.24. The second-order valence-electron chi connectivity index (χ2n) is 4.69. The second kappa shape index (κ2) is 6.55. The van der Waals surface area contributed by atoms with Gasteiger partial charge in [0.1, 0.15) is 11.9 Å². The molecule has 3 nitrogen and oxygen atoms in total. The van der Waals surface area contributed by atoms with Crippen LogP contribution in [0.15, 0.2) is 22.7 Å². The van der Waals surface area contributed by atoms with Crippen molar-refractivity contribution in [2.45, 2.75) is 44.9 Å². The molecule has 1 aliphatic rings. The average molecular weight is 314 g/mol. The number of benzene rings is 1. The van der Waals surface area contributed by atoms with Gasteiger partial charge in [0.2, 0.25) is 0 Å². The van der Waals surface area contributed by atoms with E-state index in [0.717, 1.165) is 42.6 Å². The Bertz CT molecular complexity index is 397. The maximum Gasteiger partial charge on any atom is 0.124 e. The van der Waals surface area contributed by atoms with Crippen molar-refractivity contribution in [2.24, 2.45) is 0 Å². The van der Waals surface area contributed by atoms with Crippen molar-refractivity contribution in [3.8, 4) is 5.75 Å². The Balaban J connectivity index is 2.04. The van der Waals surface area contributed by atoms with Gasteiger partial charge in [-0.05, 0) is 49.6 Å². The minimum Gasteiger partial charge on any atom is -0.488 e. The number of aliphatic hydroxyl groups excluding tert-OH is 1. The van der Waals surface area contributed by atoms with E-state index in [4.69, 9.17) is 4.74 Å². The zero-order valence-corrected chi connectivity index (χ0v) is 12.2. The molecule has 1 fully saturated rings. The summed E-state index contributed by atoms with van der Waals surface area (Å²) in [5, 5.41) is 13.1. The molecule has 4 heteroatoms. The standard InChI is InChI=1S/C14H20BrNO2/c1-2-16-9-10-8-11(6-7-12(10)15)18-14-5-3-4-13(14)17/h6-8,13-14,16-17H,2-5,9H2,1H3.